The fourth-order valence-electron chi connectivity index (χ4n) is 4.20. The molecule has 1 aliphatic heterocycles. The maximum Gasteiger partial charge on any atom is 0.326 e. The molecule has 34 heavy (non-hydrogen) atoms. The summed E-state index contributed by atoms with van der Waals surface area (Å²) in [5.74, 6) is -0.508. The van der Waals surface area contributed by atoms with Gasteiger partial charge in [-0.05, 0) is 57.2 Å². The smallest absolute Gasteiger partial charge is 0.326 e. The fourth-order valence-corrected chi connectivity index (χ4v) is 4.20. The third-order valence-corrected chi connectivity index (χ3v) is 5.83. The Hall–Kier alpha value is -4.13. The van der Waals surface area contributed by atoms with Crippen molar-refractivity contribution in [3.05, 3.63) is 89.3 Å². The lowest BCUT2D eigenvalue weighted by Crippen LogP contribution is -2.31. The van der Waals surface area contributed by atoms with Gasteiger partial charge in [-0.3, -0.25) is 19.3 Å². The van der Waals surface area contributed by atoms with Gasteiger partial charge in [-0.2, -0.15) is 0 Å². The van der Waals surface area contributed by atoms with Gasteiger partial charge >= 0.3 is 5.97 Å². The highest BCUT2D eigenvalue weighted by Gasteiger charge is 2.32. The Kier molecular flexibility index (Phi) is 6.36. The van der Waals surface area contributed by atoms with Crippen molar-refractivity contribution in [2.24, 2.45) is 0 Å². The molecule has 0 saturated heterocycles. The summed E-state index contributed by atoms with van der Waals surface area (Å²) in [6, 6.07) is 16.4. The van der Waals surface area contributed by atoms with Crippen LogP contribution in [0, 0.1) is 13.8 Å². The van der Waals surface area contributed by atoms with E-state index in [0.29, 0.717) is 29.0 Å². The molecule has 0 aliphatic carbocycles. The number of aromatic nitrogens is 1. The molecular formula is C27H26N2O5. The van der Waals surface area contributed by atoms with E-state index in [-0.39, 0.29) is 18.2 Å². The minimum absolute atomic E-state index is 0.301. The van der Waals surface area contributed by atoms with Crippen LogP contribution in [0.15, 0.2) is 61.2 Å². The Bertz CT molecular complexity index is 1250. The minimum Gasteiger partial charge on any atom is -0.494 e. The number of carbonyl (C=O) groups is 3. The fraction of sp³-hybridized carbons (Fsp3) is 0.222. The number of rotatable bonds is 8. The lowest BCUT2D eigenvalue weighted by atomic mass is 10.1. The molecule has 1 aliphatic rings. The van der Waals surface area contributed by atoms with E-state index < -0.39 is 12.6 Å². The lowest BCUT2D eigenvalue weighted by Gasteiger charge is -2.16. The zero-order valence-electron chi connectivity index (χ0n) is 19.5. The average Bonchev–Trinajstić information content (AvgIpc) is 3.26. The maximum atomic E-state index is 12.8. The molecule has 0 atom stereocenters. The average molecular weight is 459 g/mol. The number of nitrogens with zero attached hydrogens (tertiary/aromatic N) is 2. The molecule has 0 N–H and O–H groups in total. The summed E-state index contributed by atoms with van der Waals surface area (Å²) >= 11 is 0. The number of amides is 1. The van der Waals surface area contributed by atoms with Gasteiger partial charge in [0.2, 0.25) is 5.78 Å². The van der Waals surface area contributed by atoms with Gasteiger partial charge in [0.1, 0.15) is 12.3 Å². The SMILES string of the molecule is C=C1c2ccccc2C(=O)N1CC(=O)OCC(=O)c1cc(C)n(-c2ccc(OCC)cc2)c1C. The van der Waals surface area contributed by atoms with Crippen LogP contribution in [0.3, 0.4) is 0 Å². The van der Waals surface area contributed by atoms with Crippen LogP contribution < -0.4 is 4.74 Å². The zero-order chi connectivity index (χ0) is 24.4. The second kappa shape index (κ2) is 9.39. The van der Waals surface area contributed by atoms with E-state index in [0.717, 1.165) is 22.8 Å². The number of Topliss-reactive ketones (excluding diaryl/α,β-unsaturated/α-hetero) is 1. The van der Waals surface area contributed by atoms with Gasteiger partial charge in [0, 0.05) is 39.5 Å². The number of fused-ring (bicyclic) bond motifs is 1. The highest BCUT2D eigenvalue weighted by atomic mass is 16.5. The van der Waals surface area contributed by atoms with Crippen LogP contribution in [0.5, 0.6) is 5.75 Å². The number of benzene rings is 2. The third-order valence-electron chi connectivity index (χ3n) is 5.83. The molecule has 3 aromatic rings. The molecule has 0 bridgehead atoms. The molecule has 0 fully saturated rings. The van der Waals surface area contributed by atoms with Crippen LogP contribution in [-0.2, 0) is 9.53 Å². The van der Waals surface area contributed by atoms with E-state index in [9.17, 15) is 14.4 Å². The van der Waals surface area contributed by atoms with Crippen LogP contribution in [0.2, 0.25) is 0 Å². The van der Waals surface area contributed by atoms with Gasteiger partial charge in [-0.25, -0.2) is 0 Å². The van der Waals surface area contributed by atoms with E-state index >= 15 is 0 Å². The summed E-state index contributed by atoms with van der Waals surface area (Å²) in [5, 5.41) is 0. The maximum absolute atomic E-state index is 12.8. The van der Waals surface area contributed by atoms with Crippen molar-refractivity contribution in [1.29, 1.82) is 0 Å². The van der Waals surface area contributed by atoms with E-state index in [4.69, 9.17) is 9.47 Å². The van der Waals surface area contributed by atoms with Crippen molar-refractivity contribution < 1.29 is 23.9 Å². The van der Waals surface area contributed by atoms with Crippen molar-refractivity contribution in [2.45, 2.75) is 20.8 Å². The van der Waals surface area contributed by atoms with Crippen LogP contribution in [0.1, 0.15) is 44.6 Å². The molecule has 174 valence electrons. The second-order valence-corrected chi connectivity index (χ2v) is 8.01. The van der Waals surface area contributed by atoms with Crippen LogP contribution >= 0.6 is 0 Å². The first-order valence-electron chi connectivity index (χ1n) is 11.0. The first-order chi connectivity index (χ1) is 16.3. The molecule has 0 spiro atoms. The lowest BCUT2D eigenvalue weighted by molar-refractivity contribution is -0.142. The second-order valence-electron chi connectivity index (χ2n) is 8.01. The number of ketones is 1. The number of esters is 1. The highest BCUT2D eigenvalue weighted by Crippen LogP contribution is 2.31. The van der Waals surface area contributed by atoms with Gasteiger partial charge in [0.15, 0.2) is 6.61 Å². The molecule has 4 rings (SSSR count). The normalized spacial score (nSPS) is 12.6. The quantitative estimate of drug-likeness (QED) is 0.371. The third kappa shape index (κ3) is 4.24. The van der Waals surface area contributed by atoms with Gasteiger partial charge in [-0.15, -0.1) is 0 Å². The van der Waals surface area contributed by atoms with Gasteiger partial charge < -0.3 is 14.0 Å². The first kappa shape index (κ1) is 23.0. The zero-order valence-corrected chi connectivity index (χ0v) is 19.5. The summed E-state index contributed by atoms with van der Waals surface area (Å²) in [7, 11) is 0. The number of ether oxygens (including phenoxy) is 2. The number of carbonyl (C=O) groups excluding carboxylic acids is 3. The summed E-state index contributed by atoms with van der Waals surface area (Å²) in [6.07, 6.45) is 0. The largest absolute Gasteiger partial charge is 0.494 e. The van der Waals surface area contributed by atoms with Crippen LogP contribution in [-0.4, -0.2) is 46.9 Å². The van der Waals surface area contributed by atoms with Crippen LogP contribution in [0.4, 0.5) is 0 Å². The van der Waals surface area contributed by atoms with Gasteiger partial charge in [0.25, 0.3) is 5.91 Å². The molecule has 1 aromatic heterocycles. The topological polar surface area (TPSA) is 77.8 Å². The molecule has 2 heterocycles. The first-order valence-corrected chi connectivity index (χ1v) is 11.0. The molecule has 0 saturated carbocycles. The van der Waals surface area contributed by atoms with Crippen molar-refractivity contribution >= 4 is 23.4 Å². The molecule has 0 unspecified atom stereocenters. The predicted molar refractivity (Wildman–Crippen MR) is 128 cm³/mol. The standard InChI is InChI=1S/C27H26N2O5/c1-5-33-21-12-10-20(11-13-21)29-17(2)14-24(19(29)4)25(30)16-34-26(31)15-28-18(3)22-8-6-7-9-23(22)27(28)32/h6-14H,3,5,15-16H2,1-2,4H3. The van der Waals surface area contributed by atoms with Crippen molar-refractivity contribution in [3.8, 4) is 11.4 Å². The summed E-state index contributed by atoms with van der Waals surface area (Å²) in [5.41, 5.74) is 4.65. The van der Waals surface area contributed by atoms with Crippen LogP contribution in [0.25, 0.3) is 11.4 Å². The van der Waals surface area contributed by atoms with E-state index in [1.165, 1.54) is 4.90 Å². The Labute approximate surface area is 198 Å². The predicted octanol–water partition coefficient (Wildman–Crippen LogP) is 4.35. The molecule has 1 amide bonds. The Morgan fingerprint density at radius 3 is 2.32 bits per heavy atom. The van der Waals surface area contributed by atoms with Crippen molar-refractivity contribution in [3.63, 3.8) is 0 Å². The van der Waals surface area contributed by atoms with Crippen molar-refractivity contribution in [2.75, 3.05) is 19.8 Å². The number of aryl methyl sites for hydroxylation is 1. The molecular weight excluding hydrogens is 432 g/mol. The molecule has 2 aromatic carbocycles. The van der Waals surface area contributed by atoms with Gasteiger partial charge in [0.05, 0.1) is 6.61 Å². The number of hydrogen-bond acceptors (Lipinski definition) is 5. The molecule has 7 heteroatoms. The van der Waals surface area contributed by atoms with Crippen molar-refractivity contribution in [1.82, 2.24) is 9.47 Å². The highest BCUT2D eigenvalue weighted by molar-refractivity contribution is 6.10. The Balaban J connectivity index is 1.41. The molecule has 7 nitrogen and oxygen atoms in total. The summed E-state index contributed by atoms with van der Waals surface area (Å²) < 4.78 is 12.7. The monoisotopic (exact) mass is 458 g/mol. The Morgan fingerprint density at radius 2 is 1.68 bits per heavy atom. The van der Waals surface area contributed by atoms with E-state index in [1.54, 1.807) is 24.3 Å². The van der Waals surface area contributed by atoms with E-state index in [1.807, 2.05) is 55.7 Å². The minimum atomic E-state index is -0.670. The molecule has 0 radical (unpaired) electrons. The van der Waals surface area contributed by atoms with E-state index in [2.05, 4.69) is 6.58 Å². The number of hydrogen-bond donors (Lipinski definition) is 0. The Morgan fingerprint density at radius 1 is 1.00 bits per heavy atom. The summed E-state index contributed by atoms with van der Waals surface area (Å²) in [4.78, 5) is 39.1. The summed E-state index contributed by atoms with van der Waals surface area (Å²) in [6.45, 7) is 9.48. The van der Waals surface area contributed by atoms with Gasteiger partial charge in [-0.1, -0.05) is 24.8 Å².